The summed E-state index contributed by atoms with van der Waals surface area (Å²) in [6.45, 7) is 0. The Balaban J connectivity index is 2.24. The first kappa shape index (κ1) is 12.1. The number of halogens is 2. The van der Waals surface area contributed by atoms with Crippen LogP contribution in [0.2, 0.25) is 0 Å². The Kier molecular flexibility index (Phi) is 3.65. The summed E-state index contributed by atoms with van der Waals surface area (Å²) in [7, 11) is 0. The highest BCUT2D eigenvalue weighted by Crippen LogP contribution is 2.40. The van der Waals surface area contributed by atoms with Crippen LogP contribution < -0.4 is 5.73 Å². The second-order valence-corrected chi connectivity index (χ2v) is 5.53. The maximum Gasteiger partial charge on any atom is 0.144 e. The van der Waals surface area contributed by atoms with Gasteiger partial charge in [0.05, 0.1) is 5.54 Å². The van der Waals surface area contributed by atoms with Crippen molar-refractivity contribution in [3.8, 4) is 0 Å². The van der Waals surface area contributed by atoms with E-state index >= 15 is 0 Å². The fourth-order valence-electron chi connectivity index (χ4n) is 2.45. The zero-order valence-corrected chi connectivity index (χ0v) is 10.8. The molecule has 1 aliphatic rings. The van der Waals surface area contributed by atoms with Gasteiger partial charge in [0.15, 0.2) is 0 Å². The van der Waals surface area contributed by atoms with Crippen LogP contribution in [0.5, 0.6) is 0 Å². The van der Waals surface area contributed by atoms with Crippen molar-refractivity contribution in [1.82, 2.24) is 0 Å². The van der Waals surface area contributed by atoms with Crippen molar-refractivity contribution in [2.45, 2.75) is 43.8 Å². The normalized spacial score (nSPS) is 21.7. The van der Waals surface area contributed by atoms with Crippen LogP contribution in [-0.2, 0) is 0 Å². The number of rotatable bonds is 2. The largest absolute Gasteiger partial charge is 0.322 e. The van der Waals surface area contributed by atoms with Crippen molar-refractivity contribution in [2.75, 3.05) is 0 Å². The van der Waals surface area contributed by atoms with E-state index in [1.54, 1.807) is 0 Å². The summed E-state index contributed by atoms with van der Waals surface area (Å²) >= 11 is 3.39. The molecule has 2 rings (SSSR count). The molecule has 0 aromatic heterocycles. The van der Waals surface area contributed by atoms with Crippen molar-refractivity contribution < 1.29 is 4.39 Å². The first-order valence-corrected chi connectivity index (χ1v) is 6.60. The summed E-state index contributed by atoms with van der Waals surface area (Å²) in [5.41, 5.74) is 6.23. The topological polar surface area (TPSA) is 26.0 Å². The number of benzene rings is 1. The van der Waals surface area contributed by atoms with E-state index in [-0.39, 0.29) is 0 Å². The SMILES string of the molecule is NC1(C(F)c2ccccc2Br)CCCCC1. The van der Waals surface area contributed by atoms with Gasteiger partial charge < -0.3 is 5.73 Å². The van der Waals surface area contributed by atoms with Crippen LogP contribution in [0.25, 0.3) is 0 Å². The zero-order valence-electron chi connectivity index (χ0n) is 9.26. The highest BCUT2D eigenvalue weighted by molar-refractivity contribution is 9.10. The van der Waals surface area contributed by atoms with Crippen LogP contribution in [0.3, 0.4) is 0 Å². The lowest BCUT2D eigenvalue weighted by Crippen LogP contribution is -2.45. The molecule has 88 valence electrons. The molecule has 1 aromatic carbocycles. The molecule has 3 heteroatoms. The summed E-state index contributed by atoms with van der Waals surface area (Å²) in [5.74, 6) is 0. The summed E-state index contributed by atoms with van der Waals surface area (Å²) < 4.78 is 15.3. The van der Waals surface area contributed by atoms with Crippen LogP contribution >= 0.6 is 15.9 Å². The van der Waals surface area contributed by atoms with Gasteiger partial charge in [0.1, 0.15) is 6.17 Å². The molecule has 0 saturated heterocycles. The van der Waals surface area contributed by atoms with E-state index < -0.39 is 11.7 Å². The van der Waals surface area contributed by atoms with Gasteiger partial charge in [-0.25, -0.2) is 4.39 Å². The quantitative estimate of drug-likeness (QED) is 0.869. The summed E-state index contributed by atoms with van der Waals surface area (Å²) in [6.07, 6.45) is 3.78. The Morgan fingerprint density at radius 3 is 2.44 bits per heavy atom. The predicted octanol–water partition coefficient (Wildman–Crippen LogP) is 4.12. The van der Waals surface area contributed by atoms with Crippen molar-refractivity contribution in [3.63, 3.8) is 0 Å². The fraction of sp³-hybridized carbons (Fsp3) is 0.538. The molecule has 1 aromatic rings. The minimum absolute atomic E-state index is 0.665. The highest BCUT2D eigenvalue weighted by atomic mass is 79.9. The third kappa shape index (κ3) is 2.30. The number of alkyl halides is 1. The molecule has 16 heavy (non-hydrogen) atoms. The van der Waals surface area contributed by atoms with Gasteiger partial charge in [-0.15, -0.1) is 0 Å². The van der Waals surface area contributed by atoms with Gasteiger partial charge in [-0.3, -0.25) is 0 Å². The Hall–Kier alpha value is -0.410. The molecule has 2 N–H and O–H groups in total. The average molecular weight is 286 g/mol. The van der Waals surface area contributed by atoms with Crippen LogP contribution in [0.15, 0.2) is 28.7 Å². The van der Waals surface area contributed by atoms with E-state index in [9.17, 15) is 4.39 Å². The summed E-state index contributed by atoms with van der Waals surface area (Å²) in [6, 6.07) is 7.44. The van der Waals surface area contributed by atoms with Gasteiger partial charge in [-0.05, 0) is 18.9 Å². The summed E-state index contributed by atoms with van der Waals surface area (Å²) in [5, 5.41) is 0. The molecule has 1 nitrogen and oxygen atoms in total. The maximum absolute atomic E-state index is 14.5. The van der Waals surface area contributed by atoms with Crippen molar-refractivity contribution >= 4 is 15.9 Å². The van der Waals surface area contributed by atoms with Gasteiger partial charge in [0, 0.05) is 10.0 Å². The minimum Gasteiger partial charge on any atom is -0.322 e. The van der Waals surface area contributed by atoms with Crippen LogP contribution in [-0.4, -0.2) is 5.54 Å². The van der Waals surface area contributed by atoms with Gasteiger partial charge >= 0.3 is 0 Å². The molecule has 1 atom stereocenters. The smallest absolute Gasteiger partial charge is 0.144 e. The molecule has 1 unspecified atom stereocenters. The number of nitrogens with two attached hydrogens (primary N) is 1. The van der Waals surface area contributed by atoms with E-state index in [1.807, 2.05) is 24.3 Å². The standard InChI is InChI=1S/C13H17BrFN/c14-11-7-3-2-6-10(11)12(15)13(16)8-4-1-5-9-13/h2-3,6-7,12H,1,4-5,8-9,16H2. The summed E-state index contributed by atoms with van der Waals surface area (Å²) in [4.78, 5) is 0. The van der Waals surface area contributed by atoms with E-state index in [4.69, 9.17) is 5.73 Å². The molecule has 0 bridgehead atoms. The third-order valence-electron chi connectivity index (χ3n) is 3.47. The Morgan fingerprint density at radius 2 is 1.81 bits per heavy atom. The molecule has 0 spiro atoms. The van der Waals surface area contributed by atoms with Gasteiger partial charge in [-0.2, -0.15) is 0 Å². The van der Waals surface area contributed by atoms with Gasteiger partial charge in [0.25, 0.3) is 0 Å². The van der Waals surface area contributed by atoms with Crippen LogP contribution in [0.1, 0.15) is 43.8 Å². The lowest BCUT2D eigenvalue weighted by Gasteiger charge is -2.36. The highest BCUT2D eigenvalue weighted by Gasteiger charge is 2.38. The lowest BCUT2D eigenvalue weighted by atomic mass is 9.77. The maximum atomic E-state index is 14.5. The van der Waals surface area contributed by atoms with E-state index in [2.05, 4.69) is 15.9 Å². The number of hydrogen-bond donors (Lipinski definition) is 1. The second-order valence-electron chi connectivity index (χ2n) is 4.68. The minimum atomic E-state index is -1.07. The first-order valence-electron chi connectivity index (χ1n) is 5.81. The Labute approximate surface area is 104 Å². The molecular formula is C13H17BrFN. The Bertz CT molecular complexity index is 361. The van der Waals surface area contributed by atoms with Crippen molar-refractivity contribution in [3.05, 3.63) is 34.3 Å². The monoisotopic (exact) mass is 285 g/mol. The molecule has 0 radical (unpaired) electrons. The average Bonchev–Trinajstić information content (AvgIpc) is 2.30. The Morgan fingerprint density at radius 1 is 1.19 bits per heavy atom. The van der Waals surface area contributed by atoms with Gasteiger partial charge in [-0.1, -0.05) is 53.4 Å². The van der Waals surface area contributed by atoms with Crippen LogP contribution in [0.4, 0.5) is 4.39 Å². The lowest BCUT2D eigenvalue weighted by molar-refractivity contribution is 0.142. The van der Waals surface area contributed by atoms with E-state index in [1.165, 1.54) is 6.42 Å². The predicted molar refractivity (Wildman–Crippen MR) is 68.0 cm³/mol. The molecule has 1 fully saturated rings. The fourth-order valence-corrected chi connectivity index (χ4v) is 2.94. The van der Waals surface area contributed by atoms with E-state index in [0.717, 1.165) is 30.2 Å². The van der Waals surface area contributed by atoms with Gasteiger partial charge in [0.2, 0.25) is 0 Å². The molecule has 0 heterocycles. The molecule has 1 aliphatic carbocycles. The van der Waals surface area contributed by atoms with Crippen molar-refractivity contribution in [2.24, 2.45) is 5.73 Å². The van der Waals surface area contributed by atoms with Crippen molar-refractivity contribution in [1.29, 1.82) is 0 Å². The van der Waals surface area contributed by atoms with Crippen LogP contribution in [0, 0.1) is 0 Å². The molecule has 0 aliphatic heterocycles. The molecule has 0 amide bonds. The molecule has 1 saturated carbocycles. The first-order chi connectivity index (χ1) is 7.63. The number of hydrogen-bond acceptors (Lipinski definition) is 1. The molecular weight excluding hydrogens is 269 g/mol. The third-order valence-corrected chi connectivity index (χ3v) is 4.19. The second kappa shape index (κ2) is 4.84. The zero-order chi connectivity index (χ0) is 11.6. The van der Waals surface area contributed by atoms with E-state index in [0.29, 0.717) is 5.56 Å².